The van der Waals surface area contributed by atoms with Gasteiger partial charge in [-0.3, -0.25) is 0 Å². The van der Waals surface area contributed by atoms with Gasteiger partial charge in [-0.1, -0.05) is 130 Å². The number of rotatable bonds is 26. The van der Waals surface area contributed by atoms with Crippen LogP contribution in [0.25, 0.3) is 0 Å². The van der Waals surface area contributed by atoms with Crippen LogP contribution in [0.15, 0.2) is 72.8 Å². The summed E-state index contributed by atoms with van der Waals surface area (Å²) in [6.45, 7) is 20.6. The van der Waals surface area contributed by atoms with Gasteiger partial charge in [0.15, 0.2) is 0 Å². The van der Waals surface area contributed by atoms with E-state index in [1.54, 1.807) is 0 Å². The fourth-order valence-corrected chi connectivity index (χ4v) is 12.1. The molecule has 298 valence electrons. The van der Waals surface area contributed by atoms with E-state index >= 15 is 0 Å². The molecule has 0 aromatic heterocycles. The van der Waals surface area contributed by atoms with Gasteiger partial charge < -0.3 is 23.1 Å². The molecule has 4 aromatic carbocycles. The standard InChI is InChI=1S/C48H68O5Si2/c1-9-17-29-49-45-25-21-41(33-37(45)13-5)54(42-22-26-46(38(14-6)34-42)50-30-18-10-2)53-55(43-23-27-47(39(15-7)35-43)51-31-19-11-3)44-24-28-48(40(16-8)36-44)52-32-20-12-4/h21-28,33-36H,9-20,29-32H2,1-8H3. The lowest BCUT2D eigenvalue weighted by Gasteiger charge is -2.26. The van der Waals surface area contributed by atoms with Gasteiger partial charge in [0.2, 0.25) is 0 Å². The Morgan fingerprint density at radius 1 is 0.345 bits per heavy atom. The van der Waals surface area contributed by atoms with Crippen LogP contribution in [0.4, 0.5) is 0 Å². The topological polar surface area (TPSA) is 46.2 Å². The lowest BCUT2D eigenvalue weighted by molar-refractivity contribution is 0.306. The molecule has 0 aliphatic heterocycles. The van der Waals surface area contributed by atoms with Crippen LogP contribution >= 0.6 is 0 Å². The van der Waals surface area contributed by atoms with Crippen LogP contribution in [0.1, 0.15) is 129 Å². The first-order valence-electron chi connectivity index (χ1n) is 21.4. The summed E-state index contributed by atoms with van der Waals surface area (Å²) in [7, 11) is -3.52. The van der Waals surface area contributed by atoms with E-state index in [0.29, 0.717) is 0 Å². The number of unbranched alkanes of at least 4 members (excludes halogenated alkanes) is 4. The Morgan fingerprint density at radius 3 is 0.782 bits per heavy atom. The summed E-state index contributed by atoms with van der Waals surface area (Å²) in [5.41, 5.74) is 4.92. The Morgan fingerprint density at radius 2 is 0.582 bits per heavy atom. The molecule has 0 N–H and O–H groups in total. The molecule has 0 spiro atoms. The Kier molecular flexibility index (Phi) is 19.4. The molecular formula is C48H68O5Si2. The van der Waals surface area contributed by atoms with Gasteiger partial charge in [0.05, 0.1) is 26.4 Å². The molecule has 7 heteroatoms. The molecule has 0 aliphatic carbocycles. The van der Waals surface area contributed by atoms with E-state index in [9.17, 15) is 0 Å². The number of ether oxygens (including phenoxy) is 4. The van der Waals surface area contributed by atoms with Gasteiger partial charge >= 0.3 is 0 Å². The lowest BCUT2D eigenvalue weighted by Crippen LogP contribution is -2.56. The highest BCUT2D eigenvalue weighted by molar-refractivity contribution is 6.91. The predicted molar refractivity (Wildman–Crippen MR) is 236 cm³/mol. The minimum atomic E-state index is -1.76. The Labute approximate surface area is 337 Å². The molecule has 0 fully saturated rings. The zero-order valence-corrected chi connectivity index (χ0v) is 37.3. The first kappa shape index (κ1) is 44.2. The van der Waals surface area contributed by atoms with E-state index in [1.807, 2.05) is 0 Å². The Hall–Kier alpha value is -3.53. The first-order chi connectivity index (χ1) is 26.9. The smallest absolute Gasteiger partial charge is 0.272 e. The highest BCUT2D eigenvalue weighted by Gasteiger charge is 2.31. The zero-order chi connectivity index (χ0) is 39.4. The van der Waals surface area contributed by atoms with Gasteiger partial charge in [0.25, 0.3) is 18.1 Å². The SMILES string of the molecule is CCCCOc1ccc([Si](O[Si](c2ccc(OCCCC)c(CC)c2)c2ccc(OCCCC)c(CC)c2)c2ccc(OCCCC)c(CC)c2)cc1CC. The summed E-state index contributed by atoms with van der Waals surface area (Å²) >= 11 is 0. The number of benzene rings is 4. The number of hydrogen-bond donors (Lipinski definition) is 0. The maximum atomic E-state index is 7.79. The maximum Gasteiger partial charge on any atom is 0.272 e. The van der Waals surface area contributed by atoms with Crippen molar-refractivity contribution in [1.82, 2.24) is 0 Å². The van der Waals surface area contributed by atoms with Crippen LogP contribution in [-0.4, -0.2) is 44.5 Å². The van der Waals surface area contributed by atoms with Crippen LogP contribution in [-0.2, 0) is 29.8 Å². The second-order valence-corrected chi connectivity index (χ2v) is 18.7. The van der Waals surface area contributed by atoms with Gasteiger partial charge in [0.1, 0.15) is 23.0 Å². The molecule has 0 amide bonds. The average Bonchev–Trinajstić information content (AvgIpc) is 3.22. The third-order valence-corrected chi connectivity index (χ3v) is 15.0. The largest absolute Gasteiger partial charge is 0.493 e. The van der Waals surface area contributed by atoms with Gasteiger partial charge in [-0.15, -0.1) is 0 Å². The lowest BCUT2D eigenvalue weighted by atomic mass is 10.1. The highest BCUT2D eigenvalue weighted by Crippen LogP contribution is 2.24. The zero-order valence-electron chi connectivity index (χ0n) is 35.3. The molecule has 0 aliphatic rings. The molecule has 4 aromatic rings. The van der Waals surface area contributed by atoms with Crippen LogP contribution in [0.2, 0.25) is 0 Å². The van der Waals surface area contributed by atoms with Crippen molar-refractivity contribution in [2.45, 2.75) is 132 Å². The molecule has 0 saturated carbocycles. The van der Waals surface area contributed by atoms with Crippen LogP contribution in [0.5, 0.6) is 23.0 Å². The molecule has 5 nitrogen and oxygen atoms in total. The quantitative estimate of drug-likeness (QED) is 0.0470. The van der Waals surface area contributed by atoms with E-state index in [0.717, 1.165) is 126 Å². The fraction of sp³-hybridized carbons (Fsp3) is 0.500. The Balaban J connectivity index is 1.89. The summed E-state index contributed by atoms with van der Waals surface area (Å²) < 4.78 is 33.0. The van der Waals surface area contributed by atoms with Crippen molar-refractivity contribution < 1.29 is 23.1 Å². The third-order valence-electron chi connectivity index (χ3n) is 10.0. The van der Waals surface area contributed by atoms with Crippen molar-refractivity contribution in [3.63, 3.8) is 0 Å². The first-order valence-corrected chi connectivity index (χ1v) is 24.2. The van der Waals surface area contributed by atoms with Crippen molar-refractivity contribution in [3.05, 3.63) is 95.1 Å². The maximum absolute atomic E-state index is 7.79. The fourth-order valence-electron chi connectivity index (χ4n) is 6.53. The van der Waals surface area contributed by atoms with Crippen LogP contribution in [0.3, 0.4) is 0 Å². The molecule has 55 heavy (non-hydrogen) atoms. The molecule has 0 atom stereocenters. The minimum Gasteiger partial charge on any atom is -0.493 e. The van der Waals surface area contributed by atoms with E-state index in [2.05, 4.69) is 128 Å². The average molecular weight is 781 g/mol. The van der Waals surface area contributed by atoms with Crippen molar-refractivity contribution in [3.8, 4) is 23.0 Å². The van der Waals surface area contributed by atoms with Crippen molar-refractivity contribution in [2.24, 2.45) is 0 Å². The van der Waals surface area contributed by atoms with E-state index in [1.165, 1.54) is 43.0 Å². The second kappa shape index (κ2) is 24.2. The van der Waals surface area contributed by atoms with Gasteiger partial charge in [-0.25, -0.2) is 0 Å². The summed E-state index contributed by atoms with van der Waals surface area (Å²) in [5, 5.41) is 4.94. The van der Waals surface area contributed by atoms with Gasteiger partial charge in [0, 0.05) is 0 Å². The summed E-state index contributed by atoms with van der Waals surface area (Å²) in [5.74, 6) is 3.94. The molecular weight excluding hydrogens is 713 g/mol. The monoisotopic (exact) mass is 780 g/mol. The van der Waals surface area contributed by atoms with Crippen molar-refractivity contribution in [2.75, 3.05) is 26.4 Å². The van der Waals surface area contributed by atoms with E-state index in [-0.39, 0.29) is 0 Å². The molecule has 0 heterocycles. The molecule has 4 rings (SSSR count). The van der Waals surface area contributed by atoms with Gasteiger partial charge in [-0.2, -0.15) is 0 Å². The highest BCUT2D eigenvalue weighted by atomic mass is 28.4. The van der Waals surface area contributed by atoms with Crippen LogP contribution in [0, 0.1) is 0 Å². The molecule has 2 radical (unpaired) electrons. The predicted octanol–water partition coefficient (Wildman–Crippen LogP) is 9.58. The number of hydrogen-bond acceptors (Lipinski definition) is 5. The summed E-state index contributed by atoms with van der Waals surface area (Å²) in [4.78, 5) is 0. The Bertz CT molecular complexity index is 1480. The van der Waals surface area contributed by atoms with Crippen molar-refractivity contribution in [1.29, 1.82) is 0 Å². The molecule has 0 bridgehead atoms. The third kappa shape index (κ3) is 12.7. The normalized spacial score (nSPS) is 11.4. The van der Waals surface area contributed by atoms with Crippen molar-refractivity contribution >= 4 is 38.8 Å². The molecule has 0 unspecified atom stereocenters. The minimum absolute atomic E-state index is 0.736. The summed E-state index contributed by atoms with van der Waals surface area (Å²) in [6, 6.07) is 27.2. The van der Waals surface area contributed by atoms with E-state index < -0.39 is 18.1 Å². The van der Waals surface area contributed by atoms with E-state index in [4.69, 9.17) is 23.1 Å². The summed E-state index contributed by atoms with van der Waals surface area (Å²) in [6.07, 6.45) is 12.2. The molecule has 0 saturated heterocycles. The second-order valence-electron chi connectivity index (χ2n) is 14.3. The number of aryl methyl sites for hydroxylation is 4. The van der Waals surface area contributed by atoms with Crippen LogP contribution < -0.4 is 39.7 Å². The van der Waals surface area contributed by atoms with Gasteiger partial charge in [-0.05, 0) is 119 Å².